The third kappa shape index (κ3) is 3.29. The molecule has 0 unspecified atom stereocenters. The van der Waals surface area contributed by atoms with E-state index in [9.17, 15) is 14.4 Å². The molecule has 0 aliphatic heterocycles. The van der Waals surface area contributed by atoms with Crippen molar-refractivity contribution in [2.45, 2.75) is 6.92 Å². The zero-order valence-corrected chi connectivity index (χ0v) is 17.0. The van der Waals surface area contributed by atoms with Crippen LogP contribution in [0.15, 0.2) is 56.1 Å². The number of hydrogen-bond donors (Lipinski definition) is 2. The molecule has 2 heterocycles. The molecule has 4 aromatic rings. The van der Waals surface area contributed by atoms with Crippen molar-refractivity contribution in [3.05, 3.63) is 74.3 Å². The maximum atomic E-state index is 12.6. The molecule has 2 N–H and O–H groups in total. The van der Waals surface area contributed by atoms with Crippen LogP contribution in [0.4, 0.5) is 0 Å². The smallest absolute Gasteiger partial charge is 0.305 e. The number of nitrogens with zero attached hydrogens (tertiary/aromatic N) is 2. The molecule has 2 aromatic carbocycles. The topological polar surface area (TPSA) is 106 Å². The van der Waals surface area contributed by atoms with Crippen LogP contribution in [0, 0.1) is 6.92 Å². The Morgan fingerprint density at radius 1 is 1.03 bits per heavy atom. The van der Waals surface area contributed by atoms with Gasteiger partial charge in [-0.1, -0.05) is 34.1 Å². The number of amides is 2. The number of furan rings is 1. The number of carbonyl (C=O) groups is 2. The fraction of sp³-hybridized carbons (Fsp3) is 0.100. The van der Waals surface area contributed by atoms with Crippen LogP contribution in [0.1, 0.15) is 26.6 Å². The molecule has 146 valence electrons. The van der Waals surface area contributed by atoms with E-state index in [1.54, 1.807) is 37.3 Å². The van der Waals surface area contributed by atoms with Gasteiger partial charge in [0.2, 0.25) is 0 Å². The summed E-state index contributed by atoms with van der Waals surface area (Å²) in [5.74, 6) is -1.16. The first-order chi connectivity index (χ1) is 13.9. The van der Waals surface area contributed by atoms with E-state index >= 15 is 0 Å². The lowest BCUT2D eigenvalue weighted by molar-refractivity contribution is 0.0829. The minimum atomic E-state index is -0.651. The third-order valence-electron chi connectivity index (χ3n) is 4.57. The number of hydrazine groups is 1. The first kappa shape index (κ1) is 18.9. The Bertz CT molecular complexity index is 1360. The van der Waals surface area contributed by atoms with Gasteiger partial charge in [0.15, 0.2) is 11.5 Å². The summed E-state index contributed by atoms with van der Waals surface area (Å²) in [5, 5.41) is 5.58. The molecule has 8 nitrogen and oxygen atoms in total. The highest BCUT2D eigenvalue weighted by Gasteiger charge is 2.20. The van der Waals surface area contributed by atoms with E-state index < -0.39 is 11.8 Å². The van der Waals surface area contributed by atoms with E-state index in [2.05, 4.69) is 31.9 Å². The first-order valence-electron chi connectivity index (χ1n) is 8.62. The zero-order chi connectivity index (χ0) is 20.7. The number of carbonyl (C=O) groups excluding carboxylic acids is 2. The highest BCUT2D eigenvalue weighted by Crippen LogP contribution is 2.27. The Labute approximate surface area is 172 Å². The maximum Gasteiger partial charge on any atom is 0.305 e. The Hall–Kier alpha value is -3.46. The minimum Gasteiger partial charge on any atom is -0.451 e. The van der Waals surface area contributed by atoms with Crippen LogP contribution in [-0.2, 0) is 7.05 Å². The summed E-state index contributed by atoms with van der Waals surface area (Å²) >= 11 is 3.39. The van der Waals surface area contributed by atoms with Gasteiger partial charge in [0.05, 0.1) is 5.39 Å². The monoisotopic (exact) mass is 454 g/mol. The van der Waals surface area contributed by atoms with E-state index in [1.807, 2.05) is 12.1 Å². The second-order valence-electron chi connectivity index (χ2n) is 6.43. The summed E-state index contributed by atoms with van der Waals surface area (Å²) in [6, 6.07) is 12.1. The lowest BCUT2D eigenvalue weighted by Crippen LogP contribution is -2.42. The predicted molar refractivity (Wildman–Crippen MR) is 111 cm³/mol. The molecule has 0 aliphatic rings. The van der Waals surface area contributed by atoms with E-state index in [1.165, 1.54) is 7.05 Å². The molecule has 0 bridgehead atoms. The van der Waals surface area contributed by atoms with Crippen LogP contribution < -0.4 is 16.4 Å². The van der Waals surface area contributed by atoms with Crippen molar-refractivity contribution in [2.75, 3.05) is 0 Å². The lowest BCUT2D eigenvalue weighted by atomic mass is 10.1. The van der Waals surface area contributed by atoms with Gasteiger partial charge in [0.25, 0.3) is 11.5 Å². The molecule has 2 amide bonds. The summed E-state index contributed by atoms with van der Waals surface area (Å²) < 4.78 is 7.56. The number of hydrogen-bond acceptors (Lipinski definition) is 5. The molecule has 0 saturated heterocycles. The third-order valence-corrected chi connectivity index (χ3v) is 5.06. The molecule has 29 heavy (non-hydrogen) atoms. The molecule has 0 radical (unpaired) electrons. The Morgan fingerprint density at radius 2 is 1.72 bits per heavy atom. The Morgan fingerprint density at radius 3 is 2.48 bits per heavy atom. The maximum absolute atomic E-state index is 12.6. The fourth-order valence-electron chi connectivity index (χ4n) is 3.11. The molecule has 0 spiro atoms. The van der Waals surface area contributed by atoms with Gasteiger partial charge < -0.3 is 4.42 Å². The van der Waals surface area contributed by atoms with E-state index in [-0.39, 0.29) is 17.0 Å². The average molecular weight is 455 g/mol. The Balaban J connectivity index is 1.60. The van der Waals surface area contributed by atoms with Crippen molar-refractivity contribution in [1.29, 1.82) is 0 Å². The number of aromatic nitrogens is 2. The van der Waals surface area contributed by atoms with Gasteiger partial charge in [0, 0.05) is 27.9 Å². The van der Waals surface area contributed by atoms with Crippen LogP contribution in [0.3, 0.4) is 0 Å². The molecule has 4 rings (SSSR count). The van der Waals surface area contributed by atoms with Gasteiger partial charge in [-0.05, 0) is 31.2 Å². The molecule has 0 atom stereocenters. The van der Waals surface area contributed by atoms with Crippen molar-refractivity contribution in [2.24, 2.45) is 7.05 Å². The summed E-state index contributed by atoms with van der Waals surface area (Å²) in [5.41, 5.74) is 5.60. The molecular weight excluding hydrogens is 440 g/mol. The molecule has 9 heteroatoms. The number of benzene rings is 2. The Kier molecular flexibility index (Phi) is 4.67. The predicted octanol–water partition coefficient (Wildman–Crippen LogP) is 2.83. The van der Waals surface area contributed by atoms with E-state index in [0.29, 0.717) is 21.9 Å². The van der Waals surface area contributed by atoms with Crippen molar-refractivity contribution >= 4 is 49.5 Å². The van der Waals surface area contributed by atoms with Crippen molar-refractivity contribution in [1.82, 2.24) is 20.6 Å². The standard InChI is InChI=1S/C20H15BrN4O4/c1-10-14-9-11(21)7-8-15(14)29-17(10)19(27)23-22-18(26)16-12-5-3-4-6-13(12)20(28)25(2)24-16/h3-9H,1-2H3,(H,22,26)(H,23,27). The van der Waals surface area contributed by atoms with Crippen LogP contribution in [0.5, 0.6) is 0 Å². The zero-order valence-electron chi connectivity index (χ0n) is 15.4. The van der Waals surface area contributed by atoms with Crippen molar-refractivity contribution in [3.8, 4) is 0 Å². The molecule has 2 aromatic heterocycles. The van der Waals surface area contributed by atoms with E-state index in [0.717, 1.165) is 14.5 Å². The van der Waals surface area contributed by atoms with E-state index in [4.69, 9.17) is 4.42 Å². The summed E-state index contributed by atoms with van der Waals surface area (Å²) in [4.78, 5) is 37.3. The number of aryl methyl sites for hydroxylation is 2. The van der Waals surface area contributed by atoms with Gasteiger partial charge in [0.1, 0.15) is 5.58 Å². The van der Waals surface area contributed by atoms with Crippen LogP contribution in [0.2, 0.25) is 0 Å². The fourth-order valence-corrected chi connectivity index (χ4v) is 3.47. The van der Waals surface area contributed by atoms with Gasteiger partial charge in [-0.25, -0.2) is 4.68 Å². The summed E-state index contributed by atoms with van der Waals surface area (Å²) in [6.45, 7) is 1.76. The number of halogens is 1. The van der Waals surface area contributed by atoms with Crippen LogP contribution >= 0.6 is 15.9 Å². The van der Waals surface area contributed by atoms with Gasteiger partial charge >= 0.3 is 5.91 Å². The summed E-state index contributed by atoms with van der Waals surface area (Å²) in [7, 11) is 1.46. The number of rotatable bonds is 2. The second kappa shape index (κ2) is 7.17. The first-order valence-corrected chi connectivity index (χ1v) is 9.41. The number of nitrogens with one attached hydrogen (secondary N) is 2. The highest BCUT2D eigenvalue weighted by molar-refractivity contribution is 9.10. The SMILES string of the molecule is Cc1c(C(=O)NNC(=O)c2nn(C)c(=O)c3ccccc23)oc2ccc(Br)cc12. The van der Waals surface area contributed by atoms with Crippen LogP contribution in [0.25, 0.3) is 21.7 Å². The summed E-state index contributed by atoms with van der Waals surface area (Å²) in [6.07, 6.45) is 0. The quantitative estimate of drug-likeness (QED) is 0.453. The molecule has 0 fully saturated rings. The van der Waals surface area contributed by atoms with Crippen LogP contribution in [-0.4, -0.2) is 21.6 Å². The molecule has 0 saturated carbocycles. The number of fused-ring (bicyclic) bond motifs is 2. The van der Waals surface area contributed by atoms with Gasteiger partial charge in [-0.2, -0.15) is 5.10 Å². The van der Waals surface area contributed by atoms with Crippen molar-refractivity contribution in [3.63, 3.8) is 0 Å². The molecular formula is C20H15BrN4O4. The normalized spacial score (nSPS) is 11.0. The average Bonchev–Trinajstić information content (AvgIpc) is 3.04. The van der Waals surface area contributed by atoms with Crippen molar-refractivity contribution < 1.29 is 14.0 Å². The van der Waals surface area contributed by atoms with Gasteiger partial charge in [-0.3, -0.25) is 25.2 Å². The minimum absolute atomic E-state index is 0.0215. The lowest BCUT2D eigenvalue weighted by Gasteiger charge is -2.09. The van der Waals surface area contributed by atoms with Gasteiger partial charge in [-0.15, -0.1) is 0 Å². The highest BCUT2D eigenvalue weighted by atomic mass is 79.9. The second-order valence-corrected chi connectivity index (χ2v) is 7.34. The molecule has 0 aliphatic carbocycles. The largest absolute Gasteiger partial charge is 0.451 e.